The highest BCUT2D eigenvalue weighted by molar-refractivity contribution is 9.10. The number of ether oxygens (including phenoxy) is 2. The molecule has 0 spiro atoms. The van der Waals surface area contributed by atoms with Gasteiger partial charge in [0.15, 0.2) is 10.4 Å². The van der Waals surface area contributed by atoms with Crippen molar-refractivity contribution >= 4 is 15.9 Å². The molecule has 1 aromatic rings. The maximum absolute atomic E-state index is 11.7. The Morgan fingerprint density at radius 3 is 2.62 bits per heavy atom. The molecular formula is C7H6BrF2NO2. The zero-order valence-corrected chi connectivity index (χ0v) is 8.22. The summed E-state index contributed by atoms with van der Waals surface area (Å²) in [6, 6.07) is 2.78. The monoisotopic (exact) mass is 253 g/mol. The molecule has 0 aromatic carbocycles. The topological polar surface area (TPSA) is 31.4 Å². The number of halogens is 3. The van der Waals surface area contributed by atoms with Gasteiger partial charge in [0.05, 0.1) is 7.11 Å². The van der Waals surface area contributed by atoms with Crippen molar-refractivity contribution in [3.8, 4) is 11.6 Å². The average Bonchev–Trinajstić information content (AvgIpc) is 2.03. The highest BCUT2D eigenvalue weighted by Crippen LogP contribution is 2.25. The predicted molar refractivity (Wildman–Crippen MR) is 45.1 cm³/mol. The van der Waals surface area contributed by atoms with Gasteiger partial charge in [-0.25, -0.2) is 4.98 Å². The van der Waals surface area contributed by atoms with Crippen molar-refractivity contribution in [2.24, 2.45) is 0 Å². The lowest BCUT2D eigenvalue weighted by Gasteiger charge is -2.05. The van der Waals surface area contributed by atoms with Crippen molar-refractivity contribution in [2.75, 3.05) is 7.11 Å². The first-order valence-corrected chi connectivity index (χ1v) is 4.08. The SMILES string of the molecule is COc1ccc(OC(F)F)nc1Br. The number of hydrogen-bond donors (Lipinski definition) is 0. The Morgan fingerprint density at radius 2 is 2.15 bits per heavy atom. The fourth-order valence-corrected chi connectivity index (χ4v) is 1.18. The molecule has 1 rings (SSSR count). The van der Waals surface area contributed by atoms with Crippen LogP contribution in [0.5, 0.6) is 11.6 Å². The molecule has 0 radical (unpaired) electrons. The van der Waals surface area contributed by atoms with Crippen molar-refractivity contribution in [3.05, 3.63) is 16.7 Å². The van der Waals surface area contributed by atoms with E-state index in [1.807, 2.05) is 0 Å². The van der Waals surface area contributed by atoms with E-state index in [9.17, 15) is 8.78 Å². The second-order valence-corrected chi connectivity index (χ2v) is 2.77. The first kappa shape index (κ1) is 10.2. The fraction of sp³-hybridized carbons (Fsp3) is 0.286. The molecule has 1 heterocycles. The summed E-state index contributed by atoms with van der Waals surface area (Å²) in [6.45, 7) is -2.87. The molecule has 0 fully saturated rings. The average molecular weight is 254 g/mol. The molecule has 72 valence electrons. The van der Waals surface area contributed by atoms with Gasteiger partial charge in [-0.05, 0) is 22.0 Å². The normalized spacial score (nSPS) is 10.2. The second-order valence-electron chi connectivity index (χ2n) is 2.02. The molecule has 0 atom stereocenters. The number of hydrogen-bond acceptors (Lipinski definition) is 3. The van der Waals surface area contributed by atoms with Gasteiger partial charge in [0.1, 0.15) is 0 Å². The molecule has 0 N–H and O–H groups in total. The van der Waals surface area contributed by atoms with Gasteiger partial charge in [-0.2, -0.15) is 8.78 Å². The highest BCUT2D eigenvalue weighted by atomic mass is 79.9. The molecule has 0 saturated carbocycles. The van der Waals surface area contributed by atoms with Gasteiger partial charge < -0.3 is 9.47 Å². The summed E-state index contributed by atoms with van der Waals surface area (Å²) in [5, 5.41) is 0. The third-order valence-corrected chi connectivity index (χ3v) is 1.79. The van der Waals surface area contributed by atoms with Crippen LogP contribution in [-0.2, 0) is 0 Å². The number of nitrogens with zero attached hydrogens (tertiary/aromatic N) is 1. The Labute approximate surface area is 81.8 Å². The van der Waals surface area contributed by atoms with Gasteiger partial charge in [-0.15, -0.1) is 0 Å². The minimum absolute atomic E-state index is 0.150. The molecule has 13 heavy (non-hydrogen) atoms. The van der Waals surface area contributed by atoms with Crippen molar-refractivity contribution in [1.82, 2.24) is 4.98 Å². The van der Waals surface area contributed by atoms with Crippen molar-refractivity contribution < 1.29 is 18.3 Å². The smallest absolute Gasteiger partial charge is 0.388 e. The largest absolute Gasteiger partial charge is 0.494 e. The van der Waals surface area contributed by atoms with Crippen LogP contribution in [0.25, 0.3) is 0 Å². The maximum atomic E-state index is 11.7. The minimum Gasteiger partial charge on any atom is -0.494 e. The van der Waals surface area contributed by atoms with Crippen LogP contribution >= 0.6 is 15.9 Å². The summed E-state index contributed by atoms with van der Waals surface area (Å²) in [5.74, 6) is 0.310. The van der Waals surface area contributed by atoms with E-state index in [4.69, 9.17) is 4.74 Å². The highest BCUT2D eigenvalue weighted by Gasteiger charge is 2.08. The molecular weight excluding hydrogens is 248 g/mol. The molecule has 1 aromatic heterocycles. The Morgan fingerprint density at radius 1 is 1.46 bits per heavy atom. The lowest BCUT2D eigenvalue weighted by Crippen LogP contribution is -2.03. The lowest BCUT2D eigenvalue weighted by molar-refractivity contribution is -0.0529. The molecule has 0 aliphatic heterocycles. The predicted octanol–water partition coefficient (Wildman–Crippen LogP) is 2.45. The first-order chi connectivity index (χ1) is 6.13. The Kier molecular flexibility index (Phi) is 3.41. The number of pyridine rings is 1. The number of aromatic nitrogens is 1. The van der Waals surface area contributed by atoms with E-state index in [1.54, 1.807) is 0 Å². The molecule has 0 amide bonds. The van der Waals surface area contributed by atoms with E-state index < -0.39 is 6.61 Å². The van der Waals surface area contributed by atoms with Crippen molar-refractivity contribution in [2.45, 2.75) is 6.61 Å². The number of alkyl halides is 2. The molecule has 0 saturated heterocycles. The van der Waals surface area contributed by atoms with Crippen LogP contribution in [-0.4, -0.2) is 18.7 Å². The van der Waals surface area contributed by atoms with Crippen LogP contribution in [0.4, 0.5) is 8.78 Å². The van der Waals surface area contributed by atoms with E-state index in [1.165, 1.54) is 19.2 Å². The number of methoxy groups -OCH3 is 1. The molecule has 0 aliphatic carbocycles. The standard InChI is InChI=1S/C7H6BrF2NO2/c1-12-4-2-3-5(11-6(4)8)13-7(9)10/h2-3,7H,1H3. The second kappa shape index (κ2) is 4.36. The van der Waals surface area contributed by atoms with Crippen LogP contribution in [0.2, 0.25) is 0 Å². The fourth-order valence-electron chi connectivity index (χ4n) is 0.714. The lowest BCUT2D eigenvalue weighted by atomic mass is 10.4. The van der Waals surface area contributed by atoms with Crippen LogP contribution in [0.15, 0.2) is 16.7 Å². The zero-order valence-electron chi connectivity index (χ0n) is 6.63. The maximum Gasteiger partial charge on any atom is 0.388 e. The van der Waals surface area contributed by atoms with E-state index >= 15 is 0 Å². The van der Waals surface area contributed by atoms with Gasteiger partial charge >= 0.3 is 6.61 Å². The van der Waals surface area contributed by atoms with Crippen LogP contribution in [0, 0.1) is 0 Å². The summed E-state index contributed by atoms with van der Waals surface area (Å²) in [7, 11) is 1.45. The van der Waals surface area contributed by atoms with Gasteiger partial charge in [0.2, 0.25) is 5.88 Å². The van der Waals surface area contributed by atoms with Crippen LogP contribution < -0.4 is 9.47 Å². The van der Waals surface area contributed by atoms with E-state index in [0.717, 1.165) is 0 Å². The Balaban J connectivity index is 2.83. The van der Waals surface area contributed by atoms with Gasteiger partial charge in [-0.3, -0.25) is 0 Å². The van der Waals surface area contributed by atoms with E-state index in [2.05, 4.69) is 25.7 Å². The molecule has 0 bridgehead atoms. The van der Waals surface area contributed by atoms with E-state index in [-0.39, 0.29) is 5.88 Å². The van der Waals surface area contributed by atoms with Crippen molar-refractivity contribution in [1.29, 1.82) is 0 Å². The van der Waals surface area contributed by atoms with Gasteiger partial charge in [0, 0.05) is 6.07 Å². The molecule has 3 nitrogen and oxygen atoms in total. The summed E-state index contributed by atoms with van der Waals surface area (Å²) in [6.07, 6.45) is 0. The quantitative estimate of drug-likeness (QED) is 0.776. The molecule has 0 aliphatic rings. The van der Waals surface area contributed by atoms with Gasteiger partial charge in [-0.1, -0.05) is 0 Å². The molecule has 0 unspecified atom stereocenters. The Hall–Kier alpha value is -0.910. The summed E-state index contributed by atoms with van der Waals surface area (Å²) in [5.41, 5.74) is 0. The zero-order chi connectivity index (χ0) is 9.84. The van der Waals surface area contributed by atoms with E-state index in [0.29, 0.717) is 10.4 Å². The van der Waals surface area contributed by atoms with Crippen LogP contribution in [0.1, 0.15) is 0 Å². The van der Waals surface area contributed by atoms with Crippen molar-refractivity contribution in [3.63, 3.8) is 0 Å². The summed E-state index contributed by atoms with van der Waals surface area (Å²) >= 11 is 3.04. The Bertz CT molecular complexity index is 296. The molecule has 6 heteroatoms. The summed E-state index contributed by atoms with van der Waals surface area (Å²) in [4.78, 5) is 3.67. The van der Waals surface area contributed by atoms with Crippen LogP contribution in [0.3, 0.4) is 0 Å². The van der Waals surface area contributed by atoms with Gasteiger partial charge in [0.25, 0.3) is 0 Å². The number of rotatable bonds is 3. The summed E-state index contributed by atoms with van der Waals surface area (Å²) < 4.78 is 32.7. The first-order valence-electron chi connectivity index (χ1n) is 3.29. The third-order valence-electron chi connectivity index (χ3n) is 1.22. The third kappa shape index (κ3) is 2.80. The minimum atomic E-state index is -2.87.